The molecule has 4 nitrogen and oxygen atoms in total. The quantitative estimate of drug-likeness (QED) is 0.419. The summed E-state index contributed by atoms with van der Waals surface area (Å²) in [5.74, 6) is -0.165. The van der Waals surface area contributed by atoms with Gasteiger partial charge in [0.1, 0.15) is 0 Å². The summed E-state index contributed by atoms with van der Waals surface area (Å²) in [4.78, 5) is 0. The fourth-order valence-electron chi connectivity index (χ4n) is 1.72. The molecule has 0 saturated carbocycles. The van der Waals surface area contributed by atoms with Crippen LogP contribution in [0.2, 0.25) is 0 Å². The van der Waals surface area contributed by atoms with Gasteiger partial charge in [-0.1, -0.05) is 6.07 Å². The van der Waals surface area contributed by atoms with Gasteiger partial charge in [0, 0.05) is 12.2 Å². The number of anilines is 1. The molecular weight excluding hydrogens is 261 g/mol. The summed E-state index contributed by atoms with van der Waals surface area (Å²) in [5.41, 5.74) is 3.45. The van der Waals surface area contributed by atoms with Gasteiger partial charge in [0.2, 0.25) is 0 Å². The molecule has 1 aromatic rings. The van der Waals surface area contributed by atoms with E-state index in [-0.39, 0.29) is 36.7 Å². The summed E-state index contributed by atoms with van der Waals surface area (Å²) >= 11 is 0. The molecular formula is C12H20NNaO3S. The van der Waals surface area contributed by atoms with Crippen LogP contribution in [0.5, 0.6) is 0 Å². The minimum atomic E-state index is -3.81. The predicted octanol–water partition coefficient (Wildman–Crippen LogP) is -0.500. The van der Waals surface area contributed by atoms with E-state index < -0.39 is 10.1 Å². The normalized spacial score (nSPS) is 10.8. The second-order valence-corrected chi connectivity index (χ2v) is 5.87. The molecule has 98 valence electrons. The van der Waals surface area contributed by atoms with Crippen LogP contribution in [0.3, 0.4) is 0 Å². The van der Waals surface area contributed by atoms with Crippen LogP contribution in [0, 0.1) is 13.8 Å². The van der Waals surface area contributed by atoms with Crippen LogP contribution in [0.25, 0.3) is 0 Å². The summed E-state index contributed by atoms with van der Waals surface area (Å²) in [6, 6.07) is 6.20. The molecule has 0 saturated heterocycles. The molecule has 0 unspecified atom stereocenters. The van der Waals surface area contributed by atoms with Gasteiger partial charge in [-0.05, 0) is 49.9 Å². The number of nitrogens with one attached hydrogen (secondary N) is 1. The maximum absolute atomic E-state index is 10.5. The van der Waals surface area contributed by atoms with Crippen molar-refractivity contribution in [2.45, 2.75) is 26.7 Å². The predicted molar refractivity (Wildman–Crippen MR) is 71.2 cm³/mol. The monoisotopic (exact) mass is 281 g/mol. The van der Waals surface area contributed by atoms with Crippen LogP contribution >= 0.6 is 0 Å². The van der Waals surface area contributed by atoms with E-state index in [1.54, 1.807) is 0 Å². The molecule has 0 bridgehead atoms. The van der Waals surface area contributed by atoms with Gasteiger partial charge in [0.15, 0.2) is 0 Å². The maximum Gasteiger partial charge on any atom is 1.00 e. The van der Waals surface area contributed by atoms with E-state index in [2.05, 4.69) is 23.5 Å². The third-order valence-corrected chi connectivity index (χ3v) is 3.18. The fraction of sp³-hybridized carbons (Fsp3) is 0.500. The zero-order valence-corrected chi connectivity index (χ0v) is 14.0. The van der Waals surface area contributed by atoms with Gasteiger partial charge in [0.25, 0.3) is 10.1 Å². The molecule has 1 aromatic carbocycles. The summed E-state index contributed by atoms with van der Waals surface area (Å²) in [6.07, 6.45) is 1.18. The molecule has 0 radical (unpaired) electrons. The number of unbranched alkanes of at least 4 members (excludes halogenated alkanes) is 1. The Hall–Kier alpha value is -0.0700. The van der Waals surface area contributed by atoms with Gasteiger partial charge in [-0.2, -0.15) is 8.42 Å². The largest absolute Gasteiger partial charge is 1.00 e. The third kappa shape index (κ3) is 8.11. The Morgan fingerprint density at radius 1 is 1.17 bits per heavy atom. The zero-order chi connectivity index (χ0) is 12.9. The van der Waals surface area contributed by atoms with Crippen molar-refractivity contribution >= 4 is 15.8 Å². The van der Waals surface area contributed by atoms with Crippen molar-refractivity contribution in [3.05, 3.63) is 29.3 Å². The second-order valence-electron chi connectivity index (χ2n) is 4.30. The van der Waals surface area contributed by atoms with Gasteiger partial charge >= 0.3 is 29.6 Å². The Morgan fingerprint density at radius 2 is 1.72 bits per heavy atom. The van der Waals surface area contributed by atoms with Crippen molar-refractivity contribution in [3.63, 3.8) is 0 Å². The van der Waals surface area contributed by atoms with Gasteiger partial charge in [-0.15, -0.1) is 0 Å². The summed E-state index contributed by atoms with van der Waals surface area (Å²) < 4.78 is 29.5. The molecule has 0 fully saturated rings. The van der Waals surface area contributed by atoms with E-state index in [4.69, 9.17) is 4.55 Å². The standard InChI is InChI=1S/C12H19NO3S.Na.H/c1-10-7-11(2)9-12(8-10)13-5-3-4-6-17(14,15)16;;/h7-9,13H,3-6H2,1-2H3,(H,14,15,16);;/q;+1;-1. The molecule has 2 N–H and O–H groups in total. The van der Waals surface area contributed by atoms with Crippen molar-refractivity contribution in [3.8, 4) is 0 Å². The fourth-order valence-corrected chi connectivity index (χ4v) is 2.29. The molecule has 0 atom stereocenters. The van der Waals surface area contributed by atoms with E-state index in [1.165, 1.54) is 11.1 Å². The Labute approximate surface area is 133 Å². The van der Waals surface area contributed by atoms with Gasteiger partial charge in [0.05, 0.1) is 5.75 Å². The van der Waals surface area contributed by atoms with Crippen LogP contribution in [0.1, 0.15) is 25.4 Å². The number of rotatable bonds is 6. The average molecular weight is 281 g/mol. The van der Waals surface area contributed by atoms with Crippen molar-refractivity contribution in [1.82, 2.24) is 0 Å². The van der Waals surface area contributed by atoms with Crippen molar-refractivity contribution in [2.24, 2.45) is 0 Å². The second kappa shape index (κ2) is 8.17. The summed E-state index contributed by atoms with van der Waals surface area (Å²) in [6.45, 7) is 4.78. The first-order chi connectivity index (χ1) is 7.87. The number of benzene rings is 1. The van der Waals surface area contributed by atoms with E-state index >= 15 is 0 Å². The van der Waals surface area contributed by atoms with E-state index in [1.807, 2.05) is 13.8 Å². The third-order valence-electron chi connectivity index (χ3n) is 2.38. The molecule has 0 spiro atoms. The van der Waals surface area contributed by atoms with Gasteiger partial charge in [-0.25, -0.2) is 0 Å². The minimum absolute atomic E-state index is 0. The molecule has 1 rings (SSSR count). The molecule has 6 heteroatoms. The Balaban J connectivity index is 0. The van der Waals surface area contributed by atoms with E-state index in [0.29, 0.717) is 19.4 Å². The van der Waals surface area contributed by atoms with Crippen LogP contribution in [0.4, 0.5) is 5.69 Å². The topological polar surface area (TPSA) is 66.4 Å². The SMILES string of the molecule is Cc1cc(C)cc(NCCCCS(=O)(=O)O)c1.[H-].[Na+]. The zero-order valence-electron chi connectivity index (χ0n) is 12.2. The Kier molecular flexibility index (Phi) is 8.14. The molecule has 0 amide bonds. The molecule has 0 aliphatic carbocycles. The molecule has 0 heterocycles. The molecule has 0 aliphatic heterocycles. The molecule has 0 aliphatic rings. The summed E-state index contributed by atoms with van der Waals surface area (Å²) in [5, 5.41) is 3.24. The average Bonchev–Trinajstić information content (AvgIpc) is 2.13. The van der Waals surface area contributed by atoms with Crippen molar-refractivity contribution in [2.75, 3.05) is 17.6 Å². The Morgan fingerprint density at radius 3 is 2.22 bits per heavy atom. The Bertz CT molecular complexity index is 460. The van der Waals surface area contributed by atoms with E-state index in [0.717, 1.165) is 5.69 Å². The first kappa shape index (κ1) is 17.9. The summed E-state index contributed by atoms with van der Waals surface area (Å²) in [7, 11) is -3.81. The molecule has 0 aromatic heterocycles. The van der Waals surface area contributed by atoms with Crippen LogP contribution in [0.15, 0.2) is 18.2 Å². The van der Waals surface area contributed by atoms with E-state index in [9.17, 15) is 8.42 Å². The van der Waals surface area contributed by atoms with Gasteiger partial charge in [-0.3, -0.25) is 4.55 Å². The maximum atomic E-state index is 10.5. The smallest absolute Gasteiger partial charge is 1.00 e. The number of hydrogen-bond donors (Lipinski definition) is 2. The number of aryl methyl sites for hydroxylation is 2. The van der Waals surface area contributed by atoms with Crippen LogP contribution < -0.4 is 34.9 Å². The first-order valence-corrected chi connectivity index (χ1v) is 7.25. The van der Waals surface area contributed by atoms with Crippen molar-refractivity contribution in [1.29, 1.82) is 0 Å². The number of hydrogen-bond acceptors (Lipinski definition) is 3. The van der Waals surface area contributed by atoms with Gasteiger partial charge < -0.3 is 6.74 Å². The van der Waals surface area contributed by atoms with Crippen molar-refractivity contribution < 1.29 is 44.0 Å². The van der Waals surface area contributed by atoms with Crippen LogP contribution in [-0.2, 0) is 10.1 Å². The first-order valence-electron chi connectivity index (χ1n) is 5.64. The minimum Gasteiger partial charge on any atom is -1.00 e. The molecule has 18 heavy (non-hydrogen) atoms. The van der Waals surface area contributed by atoms with Crippen LogP contribution in [-0.4, -0.2) is 25.3 Å².